The molecular formula is C18H14ClN7OS2. The second-order valence-corrected chi connectivity index (χ2v) is 8.62. The Kier molecular flexibility index (Phi) is 4.90. The maximum Gasteiger partial charge on any atom is 0.234 e. The van der Waals surface area contributed by atoms with E-state index in [1.807, 2.05) is 36.4 Å². The van der Waals surface area contributed by atoms with Crippen molar-refractivity contribution in [1.82, 2.24) is 20.2 Å². The summed E-state index contributed by atoms with van der Waals surface area (Å²) in [5.74, 6) is 0.0391. The highest BCUT2D eigenvalue weighted by molar-refractivity contribution is 8.14. The van der Waals surface area contributed by atoms with Crippen LogP contribution in [0.3, 0.4) is 0 Å². The topological polar surface area (TPSA) is 88.3 Å². The molecule has 2 aromatic carbocycles. The van der Waals surface area contributed by atoms with Crippen LogP contribution in [0.2, 0.25) is 5.02 Å². The van der Waals surface area contributed by atoms with Crippen LogP contribution < -0.4 is 10.2 Å². The Hall–Kier alpha value is -2.56. The number of tetrazole rings is 1. The predicted molar refractivity (Wildman–Crippen MR) is 115 cm³/mol. The minimum atomic E-state index is -0.135. The summed E-state index contributed by atoms with van der Waals surface area (Å²) >= 11 is 9.14. The molecule has 2 aliphatic rings. The summed E-state index contributed by atoms with van der Waals surface area (Å²) in [5.41, 5.74) is 2.52. The summed E-state index contributed by atoms with van der Waals surface area (Å²) in [4.78, 5) is 20.3. The van der Waals surface area contributed by atoms with Crippen LogP contribution in [0.15, 0.2) is 57.5 Å². The van der Waals surface area contributed by atoms with Gasteiger partial charge in [-0.2, -0.15) is 4.68 Å². The van der Waals surface area contributed by atoms with Gasteiger partial charge in [-0.1, -0.05) is 35.5 Å². The van der Waals surface area contributed by atoms with E-state index in [9.17, 15) is 4.79 Å². The van der Waals surface area contributed by atoms with E-state index in [2.05, 4.69) is 30.7 Å². The van der Waals surface area contributed by atoms with Gasteiger partial charge in [0.05, 0.1) is 28.7 Å². The normalized spacial score (nSPS) is 14.5. The molecule has 1 aromatic heterocycles. The molecule has 1 amide bonds. The summed E-state index contributed by atoms with van der Waals surface area (Å²) < 4.78 is 1.53. The number of rotatable bonds is 5. The van der Waals surface area contributed by atoms with Gasteiger partial charge >= 0.3 is 0 Å². The van der Waals surface area contributed by atoms with Gasteiger partial charge in [-0.25, -0.2) is 0 Å². The highest BCUT2D eigenvalue weighted by atomic mass is 35.5. The van der Waals surface area contributed by atoms with Crippen molar-refractivity contribution >= 4 is 57.6 Å². The van der Waals surface area contributed by atoms with Gasteiger partial charge in [-0.3, -0.25) is 9.79 Å². The van der Waals surface area contributed by atoms with Gasteiger partial charge in [0.15, 0.2) is 5.17 Å². The second kappa shape index (κ2) is 7.69. The molecule has 0 unspecified atom stereocenters. The van der Waals surface area contributed by atoms with Gasteiger partial charge in [-0.15, -0.1) is 5.10 Å². The average molecular weight is 444 g/mol. The number of thioether (sulfide) groups is 2. The fraction of sp³-hybridized carbons (Fsp3) is 0.167. The van der Waals surface area contributed by atoms with Gasteiger partial charge in [0, 0.05) is 17.1 Å². The molecule has 11 heteroatoms. The molecular weight excluding hydrogens is 430 g/mol. The number of aliphatic imine (C=N–C) groups is 1. The number of hydrogen-bond acceptors (Lipinski definition) is 8. The molecule has 0 atom stereocenters. The minimum Gasteiger partial charge on any atom is -0.325 e. The van der Waals surface area contributed by atoms with Gasteiger partial charge in [0.25, 0.3) is 0 Å². The van der Waals surface area contributed by atoms with E-state index < -0.39 is 0 Å². The fourth-order valence-electron chi connectivity index (χ4n) is 3.10. The zero-order valence-corrected chi connectivity index (χ0v) is 17.3. The number of para-hydroxylation sites is 1. The van der Waals surface area contributed by atoms with E-state index in [0.29, 0.717) is 15.9 Å². The number of benzene rings is 2. The van der Waals surface area contributed by atoms with Gasteiger partial charge < -0.3 is 10.2 Å². The third-order valence-electron chi connectivity index (χ3n) is 4.39. The smallest absolute Gasteiger partial charge is 0.234 e. The molecule has 5 rings (SSSR count). The van der Waals surface area contributed by atoms with E-state index in [1.54, 1.807) is 17.8 Å². The molecule has 146 valence electrons. The van der Waals surface area contributed by atoms with E-state index in [4.69, 9.17) is 11.6 Å². The molecule has 3 heterocycles. The van der Waals surface area contributed by atoms with Crippen molar-refractivity contribution in [2.75, 3.05) is 29.1 Å². The second-order valence-electron chi connectivity index (χ2n) is 6.26. The van der Waals surface area contributed by atoms with Crippen LogP contribution in [0.4, 0.5) is 11.4 Å². The molecule has 0 saturated heterocycles. The summed E-state index contributed by atoms with van der Waals surface area (Å²) in [7, 11) is 0. The molecule has 1 N–H and O–H groups in total. The lowest BCUT2D eigenvalue weighted by atomic mass is 10.2. The monoisotopic (exact) mass is 443 g/mol. The Labute approximate surface area is 179 Å². The fourth-order valence-corrected chi connectivity index (χ4v) is 5.06. The number of fused-ring (bicyclic) bond motifs is 3. The molecule has 0 radical (unpaired) electrons. The van der Waals surface area contributed by atoms with Gasteiger partial charge in [0.1, 0.15) is 0 Å². The summed E-state index contributed by atoms with van der Waals surface area (Å²) in [6, 6.07) is 13.2. The van der Waals surface area contributed by atoms with E-state index >= 15 is 0 Å². The SMILES string of the molecule is O=C(CSc1nnnn1-c1ccccc1Cl)Nc1ccc2c(c1)N1CCN=C1S2. The Balaban J connectivity index is 1.26. The van der Waals surface area contributed by atoms with Crippen LogP contribution in [-0.2, 0) is 4.79 Å². The number of carbonyl (C=O) groups is 1. The Morgan fingerprint density at radius 2 is 2.14 bits per heavy atom. The molecule has 0 fully saturated rings. The molecule has 29 heavy (non-hydrogen) atoms. The first kappa shape index (κ1) is 18.5. The van der Waals surface area contributed by atoms with E-state index in [-0.39, 0.29) is 11.7 Å². The minimum absolute atomic E-state index is 0.135. The summed E-state index contributed by atoms with van der Waals surface area (Å²) in [5, 5.41) is 16.7. The number of amides is 1. The Morgan fingerprint density at radius 1 is 1.24 bits per heavy atom. The van der Waals surface area contributed by atoms with Crippen molar-refractivity contribution < 1.29 is 4.79 Å². The van der Waals surface area contributed by atoms with Crippen molar-refractivity contribution in [2.24, 2.45) is 4.99 Å². The first-order chi connectivity index (χ1) is 14.2. The van der Waals surface area contributed by atoms with Crippen molar-refractivity contribution in [3.8, 4) is 5.69 Å². The van der Waals surface area contributed by atoms with Crippen LogP contribution in [0.5, 0.6) is 0 Å². The first-order valence-corrected chi connectivity index (χ1v) is 11.0. The lowest BCUT2D eigenvalue weighted by molar-refractivity contribution is -0.113. The van der Waals surface area contributed by atoms with Gasteiger partial charge in [-0.05, 0) is 52.5 Å². The third-order valence-corrected chi connectivity index (χ3v) is 6.73. The summed E-state index contributed by atoms with van der Waals surface area (Å²) in [6.45, 7) is 1.70. The molecule has 8 nitrogen and oxygen atoms in total. The van der Waals surface area contributed by atoms with E-state index in [0.717, 1.165) is 34.5 Å². The standard InChI is InChI=1S/C18H14ClN7OS2/c19-12-3-1-2-4-13(12)26-18(22-23-24-26)28-10-16(27)21-11-5-6-15-14(9-11)25-8-7-20-17(25)29-15/h1-6,9H,7-8,10H2,(H,21,27). The number of anilines is 2. The maximum absolute atomic E-state index is 12.5. The number of nitrogens with one attached hydrogen (secondary N) is 1. The number of halogens is 1. The van der Waals surface area contributed by atoms with E-state index in [1.165, 1.54) is 16.4 Å². The predicted octanol–water partition coefficient (Wildman–Crippen LogP) is 3.33. The van der Waals surface area contributed by atoms with Crippen LogP contribution in [0.1, 0.15) is 0 Å². The van der Waals surface area contributed by atoms with Crippen molar-refractivity contribution in [3.63, 3.8) is 0 Å². The quantitative estimate of drug-likeness (QED) is 0.605. The lowest BCUT2D eigenvalue weighted by Gasteiger charge is -2.13. The number of aromatic nitrogens is 4. The van der Waals surface area contributed by atoms with Gasteiger partial charge in [0.2, 0.25) is 11.1 Å². The number of carbonyl (C=O) groups excluding carboxylic acids is 1. The molecule has 0 bridgehead atoms. The van der Waals surface area contributed by atoms with Crippen LogP contribution in [0, 0.1) is 0 Å². The molecule has 0 spiro atoms. The largest absolute Gasteiger partial charge is 0.325 e. The zero-order valence-electron chi connectivity index (χ0n) is 14.9. The first-order valence-electron chi connectivity index (χ1n) is 8.79. The Morgan fingerprint density at radius 3 is 3.03 bits per heavy atom. The molecule has 2 aliphatic heterocycles. The third kappa shape index (κ3) is 3.59. The molecule has 0 saturated carbocycles. The molecule has 0 aliphatic carbocycles. The maximum atomic E-state index is 12.5. The highest BCUT2D eigenvalue weighted by Gasteiger charge is 2.29. The average Bonchev–Trinajstić information content (AvgIpc) is 3.43. The highest BCUT2D eigenvalue weighted by Crippen LogP contribution is 2.43. The van der Waals surface area contributed by atoms with Crippen molar-refractivity contribution in [3.05, 3.63) is 47.5 Å². The zero-order chi connectivity index (χ0) is 19.8. The Bertz CT molecular complexity index is 1130. The van der Waals surface area contributed by atoms with Crippen molar-refractivity contribution in [2.45, 2.75) is 10.1 Å². The number of amidine groups is 1. The summed E-state index contributed by atoms with van der Waals surface area (Å²) in [6.07, 6.45) is 0. The van der Waals surface area contributed by atoms with Crippen LogP contribution >= 0.6 is 35.1 Å². The molecule has 3 aromatic rings. The lowest BCUT2D eigenvalue weighted by Crippen LogP contribution is -2.21. The number of hydrogen-bond donors (Lipinski definition) is 1. The number of nitrogens with zero attached hydrogens (tertiary/aromatic N) is 6. The van der Waals surface area contributed by atoms with Crippen LogP contribution in [0.25, 0.3) is 5.69 Å². The van der Waals surface area contributed by atoms with Crippen molar-refractivity contribution in [1.29, 1.82) is 0 Å². The van der Waals surface area contributed by atoms with Crippen LogP contribution in [-0.4, -0.2) is 50.1 Å².